The van der Waals surface area contributed by atoms with Gasteiger partial charge in [-0.05, 0) is 42.5 Å². The average Bonchev–Trinajstić information content (AvgIpc) is 3.42. The van der Waals surface area contributed by atoms with Crippen LogP contribution < -0.4 is 0 Å². The highest BCUT2D eigenvalue weighted by Gasteiger charge is 2.29. The van der Waals surface area contributed by atoms with Gasteiger partial charge in [0.15, 0.2) is 0 Å². The van der Waals surface area contributed by atoms with Crippen molar-refractivity contribution < 1.29 is 18.1 Å². The maximum absolute atomic E-state index is 13.9. The first-order chi connectivity index (χ1) is 14.6. The van der Waals surface area contributed by atoms with Gasteiger partial charge in [0.25, 0.3) is 5.91 Å². The molecule has 5 rings (SSSR count). The van der Waals surface area contributed by atoms with Gasteiger partial charge in [0.2, 0.25) is 11.7 Å². The van der Waals surface area contributed by atoms with Gasteiger partial charge in [-0.25, -0.2) is 8.78 Å². The van der Waals surface area contributed by atoms with Gasteiger partial charge in [-0.2, -0.15) is 4.98 Å². The molecule has 3 heterocycles. The van der Waals surface area contributed by atoms with E-state index in [1.165, 1.54) is 6.07 Å². The third kappa shape index (κ3) is 3.34. The van der Waals surface area contributed by atoms with Crippen LogP contribution in [0.3, 0.4) is 0 Å². The van der Waals surface area contributed by atoms with Crippen molar-refractivity contribution in [1.82, 2.24) is 20.0 Å². The number of nitrogens with zero attached hydrogens (tertiary/aromatic N) is 3. The van der Waals surface area contributed by atoms with Crippen LogP contribution in [0, 0.1) is 11.6 Å². The van der Waals surface area contributed by atoms with Crippen molar-refractivity contribution in [3.05, 3.63) is 71.8 Å². The van der Waals surface area contributed by atoms with Crippen LogP contribution in [0.25, 0.3) is 22.3 Å². The van der Waals surface area contributed by atoms with Gasteiger partial charge in [0, 0.05) is 42.4 Å². The molecule has 30 heavy (non-hydrogen) atoms. The van der Waals surface area contributed by atoms with Gasteiger partial charge in [-0.3, -0.25) is 4.79 Å². The monoisotopic (exact) mass is 408 g/mol. The number of hydrogen-bond acceptors (Lipinski definition) is 4. The Balaban J connectivity index is 1.27. The third-order valence-electron chi connectivity index (χ3n) is 5.55. The number of amides is 1. The van der Waals surface area contributed by atoms with Gasteiger partial charge >= 0.3 is 0 Å². The zero-order valence-corrected chi connectivity index (χ0v) is 15.9. The Morgan fingerprint density at radius 1 is 1.10 bits per heavy atom. The topological polar surface area (TPSA) is 75.0 Å². The molecule has 0 saturated carbocycles. The molecule has 1 N–H and O–H groups in total. The Morgan fingerprint density at radius 2 is 1.93 bits per heavy atom. The summed E-state index contributed by atoms with van der Waals surface area (Å²) >= 11 is 0. The van der Waals surface area contributed by atoms with Crippen LogP contribution in [-0.2, 0) is 0 Å². The fraction of sp³-hybridized carbons (Fsp3) is 0.227. The largest absolute Gasteiger partial charge is 0.361 e. The predicted octanol–water partition coefficient (Wildman–Crippen LogP) is 4.52. The Bertz CT molecular complexity index is 1220. The average molecular weight is 408 g/mol. The van der Waals surface area contributed by atoms with E-state index >= 15 is 0 Å². The number of H-pyrrole nitrogens is 1. The van der Waals surface area contributed by atoms with Crippen molar-refractivity contribution in [2.24, 2.45) is 0 Å². The second kappa shape index (κ2) is 7.37. The quantitative estimate of drug-likeness (QED) is 0.541. The molecule has 1 saturated heterocycles. The van der Waals surface area contributed by atoms with E-state index < -0.39 is 17.5 Å². The number of carbonyl (C=O) groups is 1. The van der Waals surface area contributed by atoms with Crippen LogP contribution in [0.2, 0.25) is 0 Å². The van der Waals surface area contributed by atoms with Crippen LogP contribution in [-0.4, -0.2) is 39.0 Å². The third-order valence-corrected chi connectivity index (χ3v) is 5.55. The molecule has 152 valence electrons. The van der Waals surface area contributed by atoms with E-state index in [-0.39, 0.29) is 11.5 Å². The normalized spacial score (nSPS) is 15.1. The number of nitrogens with one attached hydrogen (secondary N) is 1. The number of hydrogen-bond donors (Lipinski definition) is 1. The highest BCUT2D eigenvalue weighted by molar-refractivity contribution is 5.94. The first-order valence-corrected chi connectivity index (χ1v) is 9.74. The lowest BCUT2D eigenvalue weighted by Gasteiger charge is -2.30. The minimum absolute atomic E-state index is 0.0302. The Morgan fingerprint density at radius 3 is 2.73 bits per heavy atom. The summed E-state index contributed by atoms with van der Waals surface area (Å²) in [5, 5.41) is 5.22. The number of fused-ring (bicyclic) bond motifs is 1. The minimum atomic E-state index is -0.845. The van der Waals surface area contributed by atoms with Crippen molar-refractivity contribution >= 4 is 16.8 Å². The van der Waals surface area contributed by atoms with Crippen LogP contribution in [0.4, 0.5) is 8.78 Å². The van der Waals surface area contributed by atoms with Gasteiger partial charge in [0.1, 0.15) is 11.6 Å². The minimum Gasteiger partial charge on any atom is -0.361 e. The summed E-state index contributed by atoms with van der Waals surface area (Å²) in [6.45, 7) is 0.874. The first kappa shape index (κ1) is 18.5. The number of benzene rings is 2. The number of aromatic amines is 1. The van der Waals surface area contributed by atoms with E-state index in [1.807, 2.05) is 30.5 Å². The molecule has 1 aliphatic heterocycles. The summed E-state index contributed by atoms with van der Waals surface area (Å²) in [5.74, 6) is -0.892. The number of likely N-dealkylation sites (tertiary alicyclic amines) is 1. The number of halogens is 2. The molecule has 1 fully saturated rings. The lowest BCUT2D eigenvalue weighted by Crippen LogP contribution is -2.38. The molecule has 0 aliphatic carbocycles. The number of piperidine rings is 1. The predicted molar refractivity (Wildman–Crippen MR) is 106 cm³/mol. The zero-order valence-electron chi connectivity index (χ0n) is 15.9. The maximum atomic E-state index is 13.9. The molecule has 1 aliphatic rings. The lowest BCUT2D eigenvalue weighted by atomic mass is 9.96. The van der Waals surface area contributed by atoms with Crippen LogP contribution in [0.5, 0.6) is 0 Å². The van der Waals surface area contributed by atoms with Gasteiger partial charge in [-0.15, -0.1) is 0 Å². The number of aromatic nitrogens is 3. The molecule has 0 bridgehead atoms. The maximum Gasteiger partial charge on any atom is 0.256 e. The van der Waals surface area contributed by atoms with E-state index in [0.717, 1.165) is 28.6 Å². The molecule has 0 unspecified atom stereocenters. The smallest absolute Gasteiger partial charge is 0.256 e. The lowest BCUT2D eigenvalue weighted by molar-refractivity contribution is 0.0699. The van der Waals surface area contributed by atoms with Gasteiger partial charge in [-0.1, -0.05) is 17.3 Å². The molecule has 0 radical (unpaired) electrons. The van der Waals surface area contributed by atoms with E-state index in [4.69, 9.17) is 4.52 Å². The van der Waals surface area contributed by atoms with Crippen molar-refractivity contribution in [3.8, 4) is 11.4 Å². The van der Waals surface area contributed by atoms with Crippen LogP contribution >= 0.6 is 0 Å². The number of rotatable bonds is 3. The Hall–Kier alpha value is -3.55. The second-order valence-electron chi connectivity index (χ2n) is 7.43. The van der Waals surface area contributed by atoms with Crippen molar-refractivity contribution in [2.75, 3.05) is 13.1 Å². The zero-order chi connectivity index (χ0) is 20.7. The highest BCUT2D eigenvalue weighted by Crippen LogP contribution is 2.30. The molecular weight excluding hydrogens is 390 g/mol. The van der Waals surface area contributed by atoms with Crippen LogP contribution in [0.15, 0.2) is 53.2 Å². The Kier molecular flexibility index (Phi) is 4.54. The molecule has 0 spiro atoms. The SMILES string of the molecule is O=C(c1ccc(F)cc1F)N1CCC(c2nc(-c3ccc4cc[nH]c4c3)no2)CC1. The molecule has 6 nitrogen and oxygen atoms in total. The van der Waals surface area contributed by atoms with Gasteiger partial charge < -0.3 is 14.4 Å². The second-order valence-corrected chi connectivity index (χ2v) is 7.43. The molecule has 1 amide bonds. The molecular formula is C22H18F2N4O2. The van der Waals surface area contributed by atoms with Gasteiger partial charge in [0.05, 0.1) is 5.56 Å². The Labute approximate surface area is 170 Å². The van der Waals surface area contributed by atoms with Crippen molar-refractivity contribution in [2.45, 2.75) is 18.8 Å². The van der Waals surface area contributed by atoms with E-state index in [2.05, 4.69) is 15.1 Å². The van der Waals surface area contributed by atoms with E-state index in [1.54, 1.807) is 4.90 Å². The van der Waals surface area contributed by atoms with Crippen molar-refractivity contribution in [1.29, 1.82) is 0 Å². The first-order valence-electron chi connectivity index (χ1n) is 9.74. The number of carbonyl (C=O) groups excluding carboxylic acids is 1. The van der Waals surface area contributed by atoms with Crippen molar-refractivity contribution in [3.63, 3.8) is 0 Å². The van der Waals surface area contributed by atoms with E-state index in [9.17, 15) is 13.6 Å². The summed E-state index contributed by atoms with van der Waals surface area (Å²) in [7, 11) is 0. The summed E-state index contributed by atoms with van der Waals surface area (Å²) in [6, 6.07) is 10.9. The fourth-order valence-electron chi connectivity index (χ4n) is 3.87. The fourth-order valence-corrected chi connectivity index (χ4v) is 3.87. The summed E-state index contributed by atoms with van der Waals surface area (Å²) in [5.41, 5.74) is 1.74. The van der Waals surface area contributed by atoms with E-state index in [0.29, 0.717) is 37.6 Å². The molecule has 8 heteroatoms. The summed E-state index contributed by atoms with van der Waals surface area (Å²) < 4.78 is 32.5. The molecule has 2 aromatic carbocycles. The van der Waals surface area contributed by atoms with Crippen LogP contribution in [0.1, 0.15) is 35.0 Å². The standard InChI is InChI=1S/C22H18F2N4O2/c23-16-3-4-17(18(24)12-16)22(29)28-9-6-14(7-10-28)21-26-20(27-30-21)15-2-1-13-5-8-25-19(13)11-15/h1-5,8,11-12,14,25H,6-7,9-10H2. The summed E-state index contributed by atoms with van der Waals surface area (Å²) in [6.07, 6.45) is 3.14. The summed E-state index contributed by atoms with van der Waals surface area (Å²) in [4.78, 5) is 21.8. The molecule has 4 aromatic rings. The molecule has 0 atom stereocenters. The molecule has 2 aromatic heterocycles. The highest BCUT2D eigenvalue weighted by atomic mass is 19.1.